The van der Waals surface area contributed by atoms with Crippen molar-refractivity contribution in [3.8, 4) is 5.75 Å². The number of aromatic hydroxyl groups is 1. The number of amides is 2. The fourth-order valence-electron chi connectivity index (χ4n) is 8.54. The van der Waals surface area contributed by atoms with Crippen LogP contribution in [0.1, 0.15) is 78.6 Å². The molecule has 2 N–H and O–H groups in total. The lowest BCUT2D eigenvalue weighted by Crippen LogP contribution is -2.47. The second kappa shape index (κ2) is 14.5. The van der Waals surface area contributed by atoms with Crippen molar-refractivity contribution in [1.29, 1.82) is 0 Å². The highest BCUT2D eigenvalue weighted by atomic mass is 35.5. The lowest BCUT2D eigenvalue weighted by atomic mass is 9.73. The molecule has 56 heavy (non-hydrogen) atoms. The summed E-state index contributed by atoms with van der Waals surface area (Å²) in [5.41, 5.74) is -0.234. The van der Waals surface area contributed by atoms with Crippen LogP contribution < -0.4 is 15.8 Å². The van der Waals surface area contributed by atoms with Crippen LogP contribution in [0.15, 0.2) is 35.4 Å². The van der Waals surface area contributed by atoms with E-state index in [0.29, 0.717) is 75.7 Å². The minimum atomic E-state index is -4.61. The summed E-state index contributed by atoms with van der Waals surface area (Å²) in [4.78, 5) is 58.8. The van der Waals surface area contributed by atoms with E-state index in [1.54, 1.807) is 9.47 Å². The summed E-state index contributed by atoms with van der Waals surface area (Å²) in [5.74, 6) is -0.835. The number of fused-ring (bicyclic) bond motifs is 3. The first-order valence-electron chi connectivity index (χ1n) is 18.4. The molecule has 1 aliphatic carbocycles. The Morgan fingerprint density at radius 2 is 1.89 bits per heavy atom. The molecule has 1 spiro atoms. The average Bonchev–Trinajstić information content (AvgIpc) is 3.75. The second-order valence-electron chi connectivity index (χ2n) is 14.8. The van der Waals surface area contributed by atoms with E-state index in [-0.39, 0.29) is 70.9 Å². The van der Waals surface area contributed by atoms with Gasteiger partial charge in [0, 0.05) is 36.3 Å². The van der Waals surface area contributed by atoms with Crippen LogP contribution in [0.4, 0.5) is 24.7 Å². The number of aromatic nitrogens is 6. The van der Waals surface area contributed by atoms with E-state index in [0.717, 1.165) is 23.8 Å². The van der Waals surface area contributed by atoms with Gasteiger partial charge in [-0.2, -0.15) is 22.7 Å². The fourth-order valence-corrected chi connectivity index (χ4v) is 8.76. The number of nitrogens with zero attached hydrogens (tertiary/aromatic N) is 8. The molecule has 19 heteroatoms. The SMILES string of the molecule is CC1CC2(CCN(C(=O)c3ncnc(N4CCOC[C@H]4C)c3O)CC2)c2c1n(CC(=O)Nc1ccc(C(F)(F)F)cc1Cl)c1nc(C3=CCOCC3)nn1c2=O. The monoisotopic (exact) mass is 797 g/mol. The Hall–Kier alpha value is -5.07. The van der Waals surface area contributed by atoms with E-state index in [2.05, 4.69) is 20.4 Å². The van der Waals surface area contributed by atoms with Gasteiger partial charge in [-0.3, -0.25) is 14.4 Å². The predicted molar refractivity (Wildman–Crippen MR) is 197 cm³/mol. The molecule has 1 unspecified atom stereocenters. The first kappa shape index (κ1) is 37.8. The van der Waals surface area contributed by atoms with Gasteiger partial charge in [-0.25, -0.2) is 9.97 Å². The fraction of sp³-hybridized carbons (Fsp3) is 0.486. The molecule has 3 aliphatic heterocycles. The van der Waals surface area contributed by atoms with Gasteiger partial charge in [0.05, 0.1) is 48.7 Å². The normalized spacial score (nSPS) is 21.0. The Labute approximate surface area is 323 Å². The molecule has 0 saturated carbocycles. The number of anilines is 2. The summed E-state index contributed by atoms with van der Waals surface area (Å²) < 4.78 is 53.7. The molecule has 8 rings (SSSR count). The number of rotatable bonds is 6. The van der Waals surface area contributed by atoms with Crippen LogP contribution in [-0.2, 0) is 32.4 Å². The molecule has 2 saturated heterocycles. The van der Waals surface area contributed by atoms with Gasteiger partial charge in [-0.05, 0) is 62.3 Å². The van der Waals surface area contributed by atoms with E-state index in [1.807, 2.05) is 24.8 Å². The van der Waals surface area contributed by atoms with Crippen molar-refractivity contribution in [3.63, 3.8) is 0 Å². The van der Waals surface area contributed by atoms with E-state index >= 15 is 0 Å². The number of piperidine rings is 1. The summed E-state index contributed by atoms with van der Waals surface area (Å²) in [5, 5.41) is 18.2. The molecule has 6 heterocycles. The van der Waals surface area contributed by atoms with Crippen LogP contribution in [0, 0.1) is 0 Å². The molecule has 4 aliphatic rings. The van der Waals surface area contributed by atoms with Crippen LogP contribution in [0.25, 0.3) is 11.4 Å². The quantitative estimate of drug-likeness (QED) is 0.284. The molecule has 4 aromatic rings. The first-order valence-corrected chi connectivity index (χ1v) is 18.8. The van der Waals surface area contributed by atoms with Crippen molar-refractivity contribution in [1.82, 2.24) is 34.0 Å². The van der Waals surface area contributed by atoms with Crippen LogP contribution in [0.3, 0.4) is 0 Å². The number of hydrogen-bond donors (Lipinski definition) is 2. The lowest BCUT2D eigenvalue weighted by Gasteiger charge is -2.40. The molecule has 1 aromatic carbocycles. The van der Waals surface area contributed by atoms with Crippen molar-refractivity contribution < 1.29 is 37.3 Å². The van der Waals surface area contributed by atoms with E-state index < -0.39 is 29.0 Å². The zero-order chi connectivity index (χ0) is 39.5. The molecule has 2 atom stereocenters. The number of hydrogen-bond acceptors (Lipinski definition) is 11. The maximum Gasteiger partial charge on any atom is 0.416 e. The first-order chi connectivity index (χ1) is 26.8. The van der Waals surface area contributed by atoms with Gasteiger partial charge < -0.3 is 34.3 Å². The molecule has 296 valence electrons. The van der Waals surface area contributed by atoms with Crippen LogP contribution in [0.5, 0.6) is 5.75 Å². The predicted octanol–water partition coefficient (Wildman–Crippen LogP) is 4.41. The number of nitrogens with one attached hydrogen (secondary N) is 1. The number of halogens is 4. The number of carbonyl (C=O) groups excluding carboxylic acids is 2. The molecule has 15 nitrogen and oxygen atoms in total. The largest absolute Gasteiger partial charge is 0.503 e. The highest BCUT2D eigenvalue weighted by molar-refractivity contribution is 6.33. The minimum absolute atomic E-state index is 0.00393. The Kier molecular flexibility index (Phi) is 9.77. The summed E-state index contributed by atoms with van der Waals surface area (Å²) in [6.07, 6.45) is 0.391. The number of alkyl halides is 3. The summed E-state index contributed by atoms with van der Waals surface area (Å²) in [6.45, 7) is 6.31. The molecule has 3 aromatic heterocycles. The third-order valence-corrected chi connectivity index (χ3v) is 11.6. The van der Waals surface area contributed by atoms with Crippen molar-refractivity contribution >= 4 is 46.3 Å². The lowest BCUT2D eigenvalue weighted by molar-refractivity contribution is -0.137. The summed E-state index contributed by atoms with van der Waals surface area (Å²) in [6, 6.07) is 2.61. The smallest absolute Gasteiger partial charge is 0.416 e. The van der Waals surface area contributed by atoms with Gasteiger partial charge in [0.15, 0.2) is 23.1 Å². The van der Waals surface area contributed by atoms with E-state index in [4.69, 9.17) is 26.1 Å². The van der Waals surface area contributed by atoms with Gasteiger partial charge in [-0.15, -0.1) is 5.10 Å². The van der Waals surface area contributed by atoms with Gasteiger partial charge >= 0.3 is 6.18 Å². The second-order valence-corrected chi connectivity index (χ2v) is 15.2. The maximum atomic E-state index is 14.6. The topological polar surface area (TPSA) is 169 Å². The third-order valence-electron chi connectivity index (χ3n) is 11.3. The number of likely N-dealkylation sites (tertiary alicyclic amines) is 1. The Morgan fingerprint density at radius 3 is 2.59 bits per heavy atom. The maximum absolute atomic E-state index is 14.6. The van der Waals surface area contributed by atoms with Crippen LogP contribution >= 0.6 is 11.6 Å². The zero-order valence-electron chi connectivity index (χ0n) is 30.6. The van der Waals surface area contributed by atoms with Crippen LogP contribution in [0.2, 0.25) is 5.02 Å². The van der Waals surface area contributed by atoms with Gasteiger partial charge in [0.1, 0.15) is 12.9 Å². The third kappa shape index (κ3) is 6.66. The molecule has 2 fully saturated rings. The average molecular weight is 798 g/mol. The number of ether oxygens (including phenoxy) is 2. The standard InChI is InChI=1S/C37H39ClF3N9O6/c1-20-16-36(7-9-47(10-8-36)34(54)28-30(52)32(43-19-42-28)48-11-14-56-18-21(48)2)27-29(20)49(17-26(51)44-25-4-3-23(15-24(25)38)37(39,40)41)35-45-31(46-50(35)33(27)53)22-5-12-55-13-6-22/h3-5,15,19-21,52H,6-14,16-18H2,1-2H3,(H,44,51)/t20?,21-/m1/s1. The molecular formula is C37H39ClF3N9O6. The van der Waals surface area contributed by atoms with Gasteiger partial charge in [0.25, 0.3) is 11.5 Å². The summed E-state index contributed by atoms with van der Waals surface area (Å²) >= 11 is 6.17. The van der Waals surface area contributed by atoms with E-state index in [1.165, 1.54) is 10.8 Å². The zero-order valence-corrected chi connectivity index (χ0v) is 31.4. The molecule has 0 bridgehead atoms. The molecular weight excluding hydrogens is 759 g/mol. The van der Waals surface area contributed by atoms with Gasteiger partial charge in [0.2, 0.25) is 11.7 Å². The summed E-state index contributed by atoms with van der Waals surface area (Å²) in [7, 11) is 0. The number of morpholine rings is 1. The van der Waals surface area contributed by atoms with E-state index in [9.17, 15) is 32.7 Å². The number of benzene rings is 1. The van der Waals surface area contributed by atoms with Crippen molar-refractivity contribution in [3.05, 3.63) is 74.3 Å². The highest BCUT2D eigenvalue weighted by Gasteiger charge is 2.49. The molecule has 2 amide bonds. The van der Waals surface area contributed by atoms with Crippen molar-refractivity contribution in [2.24, 2.45) is 0 Å². The Morgan fingerprint density at radius 1 is 1.11 bits per heavy atom. The minimum Gasteiger partial charge on any atom is -0.503 e. The highest BCUT2D eigenvalue weighted by Crippen LogP contribution is 2.50. The number of carbonyl (C=O) groups is 2. The van der Waals surface area contributed by atoms with Crippen molar-refractivity contribution in [2.45, 2.75) is 69.6 Å². The van der Waals surface area contributed by atoms with Crippen molar-refractivity contribution in [2.75, 3.05) is 56.3 Å². The van der Waals surface area contributed by atoms with Crippen LogP contribution in [-0.4, -0.2) is 103 Å². The van der Waals surface area contributed by atoms with Gasteiger partial charge in [-0.1, -0.05) is 24.6 Å². The molecule has 0 radical (unpaired) electrons. The Bertz CT molecular complexity index is 2320. The Balaban J connectivity index is 1.12.